The Kier molecular flexibility index (Phi) is 2.60. The highest BCUT2D eigenvalue weighted by Gasteiger charge is 2.06. The van der Waals surface area contributed by atoms with Gasteiger partial charge in [-0.3, -0.25) is 0 Å². The fourth-order valence-corrected chi connectivity index (χ4v) is 2.33. The van der Waals surface area contributed by atoms with Crippen molar-refractivity contribution in [2.24, 2.45) is 0 Å². The van der Waals surface area contributed by atoms with Crippen LogP contribution in [0.4, 0.5) is 0 Å². The zero-order valence-electron chi connectivity index (χ0n) is 7.62. The van der Waals surface area contributed by atoms with Crippen molar-refractivity contribution in [3.05, 3.63) is 35.9 Å². The molecule has 13 heavy (non-hydrogen) atoms. The SMILES string of the molecule is COc1ccc(C2=CCSC2)cc1. The van der Waals surface area contributed by atoms with E-state index in [0.29, 0.717) is 0 Å². The van der Waals surface area contributed by atoms with Crippen molar-refractivity contribution in [3.8, 4) is 5.75 Å². The number of rotatable bonds is 2. The van der Waals surface area contributed by atoms with Crippen LogP contribution in [0.5, 0.6) is 5.75 Å². The lowest BCUT2D eigenvalue weighted by Gasteiger charge is -2.03. The Morgan fingerprint density at radius 3 is 2.54 bits per heavy atom. The minimum atomic E-state index is 0.926. The van der Waals surface area contributed by atoms with E-state index in [1.807, 2.05) is 23.9 Å². The molecule has 1 aromatic rings. The molecule has 68 valence electrons. The maximum absolute atomic E-state index is 5.11. The second-order valence-electron chi connectivity index (χ2n) is 2.97. The smallest absolute Gasteiger partial charge is 0.118 e. The standard InChI is InChI=1S/C11H12OS/c1-12-11-4-2-9(3-5-11)10-6-7-13-8-10/h2-6H,7-8H2,1H3. The van der Waals surface area contributed by atoms with Gasteiger partial charge >= 0.3 is 0 Å². The van der Waals surface area contributed by atoms with E-state index < -0.39 is 0 Å². The highest BCUT2D eigenvalue weighted by atomic mass is 32.2. The Labute approximate surface area is 82.8 Å². The summed E-state index contributed by atoms with van der Waals surface area (Å²) in [7, 11) is 1.69. The molecule has 0 spiro atoms. The lowest BCUT2D eigenvalue weighted by Crippen LogP contribution is -1.85. The summed E-state index contributed by atoms with van der Waals surface area (Å²) in [5.41, 5.74) is 2.78. The van der Waals surface area contributed by atoms with Gasteiger partial charge < -0.3 is 4.74 Å². The third kappa shape index (κ3) is 1.89. The number of hydrogen-bond acceptors (Lipinski definition) is 2. The zero-order chi connectivity index (χ0) is 9.10. The van der Waals surface area contributed by atoms with Crippen LogP contribution in [-0.4, -0.2) is 18.6 Å². The van der Waals surface area contributed by atoms with Gasteiger partial charge in [0.05, 0.1) is 7.11 Å². The first-order valence-corrected chi connectivity index (χ1v) is 5.47. The van der Waals surface area contributed by atoms with E-state index in [2.05, 4.69) is 18.2 Å². The lowest BCUT2D eigenvalue weighted by molar-refractivity contribution is 0.415. The molecule has 1 aliphatic heterocycles. The predicted molar refractivity (Wildman–Crippen MR) is 58.3 cm³/mol. The molecule has 0 amide bonds. The van der Waals surface area contributed by atoms with Gasteiger partial charge in [-0.1, -0.05) is 18.2 Å². The molecule has 0 bridgehead atoms. The molecule has 0 N–H and O–H groups in total. The molecule has 1 aliphatic rings. The maximum atomic E-state index is 5.11. The molecule has 0 saturated carbocycles. The van der Waals surface area contributed by atoms with Crippen LogP contribution in [0, 0.1) is 0 Å². The summed E-state index contributed by atoms with van der Waals surface area (Å²) in [6, 6.07) is 8.27. The van der Waals surface area contributed by atoms with Gasteiger partial charge in [-0.25, -0.2) is 0 Å². The van der Waals surface area contributed by atoms with Gasteiger partial charge in [0.1, 0.15) is 5.75 Å². The first kappa shape index (κ1) is 8.70. The van der Waals surface area contributed by atoms with Gasteiger partial charge in [-0.2, -0.15) is 11.8 Å². The van der Waals surface area contributed by atoms with Gasteiger partial charge in [0, 0.05) is 11.5 Å². The molecule has 0 atom stereocenters. The third-order valence-corrected chi connectivity index (χ3v) is 3.08. The van der Waals surface area contributed by atoms with Gasteiger partial charge in [0.2, 0.25) is 0 Å². The fourth-order valence-electron chi connectivity index (χ4n) is 1.39. The van der Waals surface area contributed by atoms with Crippen LogP contribution in [0.3, 0.4) is 0 Å². The minimum Gasteiger partial charge on any atom is -0.497 e. The molecule has 1 nitrogen and oxygen atoms in total. The van der Waals surface area contributed by atoms with Crippen LogP contribution in [0.2, 0.25) is 0 Å². The van der Waals surface area contributed by atoms with Crippen LogP contribution in [0.25, 0.3) is 5.57 Å². The molecule has 2 rings (SSSR count). The Bertz CT molecular complexity index is 313. The van der Waals surface area contributed by atoms with Crippen LogP contribution in [-0.2, 0) is 0 Å². The summed E-state index contributed by atoms with van der Waals surface area (Å²) in [6.45, 7) is 0. The number of thioether (sulfide) groups is 1. The first-order chi connectivity index (χ1) is 6.40. The summed E-state index contributed by atoms with van der Waals surface area (Å²) in [5.74, 6) is 3.23. The summed E-state index contributed by atoms with van der Waals surface area (Å²) in [5, 5.41) is 0. The molecule has 1 aromatic carbocycles. The lowest BCUT2D eigenvalue weighted by atomic mass is 10.1. The van der Waals surface area contributed by atoms with Crippen molar-refractivity contribution in [2.75, 3.05) is 18.6 Å². The van der Waals surface area contributed by atoms with Crippen molar-refractivity contribution in [1.29, 1.82) is 0 Å². The van der Waals surface area contributed by atoms with Crippen molar-refractivity contribution in [2.45, 2.75) is 0 Å². The van der Waals surface area contributed by atoms with Crippen molar-refractivity contribution in [1.82, 2.24) is 0 Å². The maximum Gasteiger partial charge on any atom is 0.118 e. The summed E-state index contributed by atoms with van der Waals surface area (Å²) < 4.78 is 5.11. The van der Waals surface area contributed by atoms with E-state index in [-0.39, 0.29) is 0 Å². The molecule has 0 fully saturated rings. The average Bonchev–Trinajstić information content (AvgIpc) is 2.71. The van der Waals surface area contributed by atoms with Crippen LogP contribution in [0.15, 0.2) is 30.3 Å². The number of ether oxygens (including phenoxy) is 1. The van der Waals surface area contributed by atoms with E-state index in [4.69, 9.17) is 4.74 Å². The van der Waals surface area contributed by atoms with E-state index >= 15 is 0 Å². The van der Waals surface area contributed by atoms with Crippen molar-refractivity contribution >= 4 is 17.3 Å². The van der Waals surface area contributed by atoms with Crippen LogP contribution in [0.1, 0.15) is 5.56 Å². The molecule has 0 aromatic heterocycles. The first-order valence-electron chi connectivity index (χ1n) is 4.31. The Morgan fingerprint density at radius 1 is 1.23 bits per heavy atom. The molecular formula is C11H12OS. The molecule has 0 unspecified atom stereocenters. The summed E-state index contributed by atoms with van der Waals surface area (Å²) >= 11 is 1.96. The van der Waals surface area contributed by atoms with E-state index in [1.54, 1.807) is 7.11 Å². The monoisotopic (exact) mass is 192 g/mol. The topological polar surface area (TPSA) is 9.23 Å². The zero-order valence-corrected chi connectivity index (χ0v) is 8.43. The third-order valence-electron chi connectivity index (χ3n) is 2.17. The largest absolute Gasteiger partial charge is 0.497 e. The second-order valence-corrected chi connectivity index (χ2v) is 4.00. The molecular weight excluding hydrogens is 180 g/mol. The Hall–Kier alpha value is -0.890. The van der Waals surface area contributed by atoms with Gasteiger partial charge in [-0.05, 0) is 23.3 Å². The number of methoxy groups -OCH3 is 1. The normalized spacial score (nSPS) is 15.6. The van der Waals surface area contributed by atoms with Gasteiger partial charge in [0.15, 0.2) is 0 Å². The predicted octanol–water partition coefficient (Wildman–Crippen LogP) is 2.83. The molecule has 1 heterocycles. The number of benzene rings is 1. The molecule has 0 saturated heterocycles. The highest BCUT2D eigenvalue weighted by molar-refractivity contribution is 8.00. The molecule has 0 aliphatic carbocycles. The van der Waals surface area contributed by atoms with Crippen molar-refractivity contribution < 1.29 is 4.74 Å². The Morgan fingerprint density at radius 2 is 2.00 bits per heavy atom. The quantitative estimate of drug-likeness (QED) is 0.712. The van der Waals surface area contributed by atoms with Crippen LogP contribution >= 0.6 is 11.8 Å². The van der Waals surface area contributed by atoms with Gasteiger partial charge in [0.25, 0.3) is 0 Å². The fraction of sp³-hybridized carbons (Fsp3) is 0.273. The van der Waals surface area contributed by atoms with E-state index in [1.165, 1.54) is 11.1 Å². The van der Waals surface area contributed by atoms with E-state index in [9.17, 15) is 0 Å². The minimum absolute atomic E-state index is 0.926. The second kappa shape index (κ2) is 3.88. The van der Waals surface area contributed by atoms with Gasteiger partial charge in [-0.15, -0.1) is 0 Å². The number of hydrogen-bond donors (Lipinski definition) is 0. The van der Waals surface area contributed by atoms with E-state index in [0.717, 1.165) is 17.3 Å². The summed E-state index contributed by atoms with van der Waals surface area (Å²) in [4.78, 5) is 0. The molecule has 0 radical (unpaired) electrons. The van der Waals surface area contributed by atoms with Crippen LogP contribution < -0.4 is 4.74 Å². The van der Waals surface area contributed by atoms with Crippen molar-refractivity contribution in [3.63, 3.8) is 0 Å². The highest BCUT2D eigenvalue weighted by Crippen LogP contribution is 2.27. The molecule has 2 heteroatoms. The Balaban J connectivity index is 2.22. The average molecular weight is 192 g/mol. The summed E-state index contributed by atoms with van der Waals surface area (Å²) in [6.07, 6.45) is 2.30.